The van der Waals surface area contributed by atoms with Crippen LogP contribution in [0.1, 0.15) is 11.8 Å². The van der Waals surface area contributed by atoms with E-state index in [1.165, 1.54) is 11.3 Å². The largest absolute Gasteiger partial charge is 0.404 e. The van der Waals surface area contributed by atoms with E-state index in [0.717, 1.165) is 9.35 Å². The van der Waals surface area contributed by atoms with Crippen LogP contribution in [0.25, 0.3) is 0 Å². The fourth-order valence-corrected chi connectivity index (χ4v) is 2.77. The van der Waals surface area contributed by atoms with Gasteiger partial charge in [0.05, 0.1) is 0 Å². The lowest BCUT2D eigenvalue weighted by Crippen LogP contribution is -2.43. The van der Waals surface area contributed by atoms with Crippen molar-refractivity contribution in [3.63, 3.8) is 0 Å². The second-order valence-electron chi connectivity index (χ2n) is 3.05. The number of thiophene rings is 1. The van der Waals surface area contributed by atoms with E-state index in [0.29, 0.717) is 6.54 Å². The molecule has 0 bridgehead atoms. The monoisotopic (exact) mass is 301 g/mol. The summed E-state index contributed by atoms with van der Waals surface area (Å²) in [6.45, 7) is 1.98. The predicted molar refractivity (Wildman–Crippen MR) is 59.2 cm³/mol. The lowest BCUT2D eigenvalue weighted by Gasteiger charge is -2.20. The van der Waals surface area contributed by atoms with Gasteiger partial charge in [0.1, 0.15) is 6.04 Å². The molecule has 1 atom stereocenters. The van der Waals surface area contributed by atoms with Crippen LogP contribution >= 0.6 is 27.3 Å². The Morgan fingerprint density at radius 1 is 1.53 bits per heavy atom. The Balaban J connectivity index is 2.71. The highest BCUT2D eigenvalue weighted by molar-refractivity contribution is 9.10. The van der Waals surface area contributed by atoms with Gasteiger partial charge in [-0.15, -0.1) is 11.3 Å². The molecule has 0 aliphatic heterocycles. The van der Waals surface area contributed by atoms with E-state index in [1.54, 1.807) is 18.4 Å². The summed E-state index contributed by atoms with van der Waals surface area (Å²) >= 11 is 4.56. The molecule has 0 fully saturated rings. The van der Waals surface area contributed by atoms with Gasteiger partial charge in [-0.1, -0.05) is 6.92 Å². The number of hydrogen-bond acceptors (Lipinski definition) is 2. The Kier molecular flexibility index (Phi) is 4.61. The average Bonchev–Trinajstić information content (AvgIpc) is 2.49. The summed E-state index contributed by atoms with van der Waals surface area (Å²) in [5.74, 6) is 0. The maximum absolute atomic E-state index is 12.6. The van der Waals surface area contributed by atoms with Crippen molar-refractivity contribution in [1.29, 1.82) is 0 Å². The lowest BCUT2D eigenvalue weighted by molar-refractivity contribution is -0.155. The highest BCUT2D eigenvalue weighted by Crippen LogP contribution is 2.29. The zero-order chi connectivity index (χ0) is 11.5. The van der Waals surface area contributed by atoms with Gasteiger partial charge in [-0.2, -0.15) is 13.2 Å². The maximum atomic E-state index is 12.6. The maximum Gasteiger partial charge on any atom is 0.404 e. The summed E-state index contributed by atoms with van der Waals surface area (Å²) in [7, 11) is 0. The van der Waals surface area contributed by atoms with Gasteiger partial charge in [-0.3, -0.25) is 0 Å². The molecule has 1 N–H and O–H groups in total. The van der Waals surface area contributed by atoms with Crippen molar-refractivity contribution in [2.75, 3.05) is 6.54 Å². The molecule has 6 heteroatoms. The molecule has 1 aromatic rings. The molecule has 0 spiro atoms. The normalized spacial score (nSPS) is 14.2. The SMILES string of the molecule is CCNC(Cc1sccc1Br)C(F)(F)F. The first-order chi connectivity index (χ1) is 6.95. The van der Waals surface area contributed by atoms with Gasteiger partial charge < -0.3 is 5.32 Å². The first-order valence-corrected chi connectivity index (χ1v) is 6.14. The number of nitrogens with one attached hydrogen (secondary N) is 1. The number of likely N-dealkylation sites (N-methyl/N-ethyl adjacent to an activating group) is 1. The molecule has 0 aliphatic rings. The molecule has 1 aromatic heterocycles. The summed E-state index contributed by atoms with van der Waals surface area (Å²) < 4.78 is 38.4. The van der Waals surface area contributed by atoms with Crippen LogP contribution in [0.3, 0.4) is 0 Å². The lowest BCUT2D eigenvalue weighted by atomic mass is 10.1. The molecule has 86 valence electrons. The molecule has 0 saturated carbocycles. The molecule has 0 radical (unpaired) electrons. The number of alkyl halides is 3. The van der Waals surface area contributed by atoms with Gasteiger partial charge in [0.25, 0.3) is 0 Å². The molecule has 15 heavy (non-hydrogen) atoms. The minimum Gasteiger partial charge on any atom is -0.306 e. The smallest absolute Gasteiger partial charge is 0.306 e. The molecule has 1 nitrogen and oxygen atoms in total. The fraction of sp³-hybridized carbons (Fsp3) is 0.556. The van der Waals surface area contributed by atoms with Crippen LogP contribution in [0.5, 0.6) is 0 Å². The van der Waals surface area contributed by atoms with E-state index in [2.05, 4.69) is 21.2 Å². The summed E-state index contributed by atoms with van der Waals surface area (Å²) in [6.07, 6.45) is -4.21. The summed E-state index contributed by atoms with van der Waals surface area (Å²) in [6, 6.07) is 0.303. The van der Waals surface area contributed by atoms with Crippen LogP contribution in [-0.4, -0.2) is 18.8 Å². The van der Waals surface area contributed by atoms with Crippen molar-refractivity contribution in [2.45, 2.75) is 25.6 Å². The molecular weight excluding hydrogens is 291 g/mol. The molecule has 0 aliphatic carbocycles. The van der Waals surface area contributed by atoms with Crippen molar-refractivity contribution in [1.82, 2.24) is 5.32 Å². The van der Waals surface area contributed by atoms with Crippen molar-refractivity contribution >= 4 is 27.3 Å². The second kappa shape index (κ2) is 5.32. The quantitative estimate of drug-likeness (QED) is 0.896. The first-order valence-electron chi connectivity index (χ1n) is 4.47. The van der Waals surface area contributed by atoms with E-state index < -0.39 is 12.2 Å². The molecule has 1 unspecified atom stereocenters. The number of halogens is 4. The highest BCUT2D eigenvalue weighted by Gasteiger charge is 2.39. The van der Waals surface area contributed by atoms with Gasteiger partial charge in [0.15, 0.2) is 0 Å². The van der Waals surface area contributed by atoms with Crippen LogP contribution in [0, 0.1) is 0 Å². The van der Waals surface area contributed by atoms with Crippen LogP contribution < -0.4 is 5.32 Å². The van der Waals surface area contributed by atoms with Gasteiger partial charge in [-0.05, 0) is 33.9 Å². The van der Waals surface area contributed by atoms with Gasteiger partial charge >= 0.3 is 6.18 Å². The van der Waals surface area contributed by atoms with Crippen molar-refractivity contribution in [3.05, 3.63) is 20.8 Å². The van der Waals surface area contributed by atoms with Crippen LogP contribution in [-0.2, 0) is 6.42 Å². The minimum absolute atomic E-state index is 0.0183. The van der Waals surface area contributed by atoms with E-state index in [9.17, 15) is 13.2 Å². The Hall–Kier alpha value is -0.0700. The summed E-state index contributed by atoms with van der Waals surface area (Å²) in [4.78, 5) is 0.721. The Morgan fingerprint density at radius 3 is 2.60 bits per heavy atom. The Bertz CT molecular complexity index is 311. The summed E-state index contributed by atoms with van der Waals surface area (Å²) in [5.41, 5.74) is 0. The molecule has 0 aromatic carbocycles. The Morgan fingerprint density at radius 2 is 2.20 bits per heavy atom. The average molecular weight is 302 g/mol. The highest BCUT2D eigenvalue weighted by atomic mass is 79.9. The van der Waals surface area contributed by atoms with Gasteiger partial charge in [0, 0.05) is 15.8 Å². The molecule has 1 heterocycles. The minimum atomic E-state index is -4.20. The van der Waals surface area contributed by atoms with Crippen molar-refractivity contribution in [2.24, 2.45) is 0 Å². The zero-order valence-corrected chi connectivity index (χ0v) is 10.5. The first kappa shape index (κ1) is 13.0. The topological polar surface area (TPSA) is 12.0 Å². The van der Waals surface area contributed by atoms with Crippen LogP contribution in [0.4, 0.5) is 13.2 Å². The van der Waals surface area contributed by atoms with Gasteiger partial charge in [-0.25, -0.2) is 0 Å². The third-order valence-corrected chi connectivity index (χ3v) is 3.87. The van der Waals surface area contributed by atoms with Crippen molar-refractivity contribution < 1.29 is 13.2 Å². The van der Waals surface area contributed by atoms with Crippen LogP contribution in [0.15, 0.2) is 15.9 Å². The van der Waals surface area contributed by atoms with Crippen LogP contribution in [0.2, 0.25) is 0 Å². The third kappa shape index (κ3) is 3.77. The third-order valence-electron chi connectivity index (χ3n) is 1.93. The molecule has 0 amide bonds. The van der Waals surface area contributed by atoms with E-state index in [1.807, 2.05) is 0 Å². The molecular formula is C9H11BrF3NS. The predicted octanol–water partition coefficient (Wildman–Crippen LogP) is 3.59. The summed E-state index contributed by atoms with van der Waals surface area (Å²) in [5, 5.41) is 4.23. The number of rotatable bonds is 4. The van der Waals surface area contributed by atoms with E-state index >= 15 is 0 Å². The standard InChI is InChI=1S/C9H11BrF3NS/c1-2-14-8(9(11,12)13)5-7-6(10)3-4-15-7/h3-4,8,14H,2,5H2,1H3. The molecule has 0 saturated heterocycles. The zero-order valence-electron chi connectivity index (χ0n) is 8.07. The molecule has 1 rings (SSSR count). The second-order valence-corrected chi connectivity index (χ2v) is 4.90. The van der Waals surface area contributed by atoms with E-state index in [4.69, 9.17) is 0 Å². The van der Waals surface area contributed by atoms with E-state index in [-0.39, 0.29) is 6.42 Å². The fourth-order valence-electron chi connectivity index (χ4n) is 1.21. The van der Waals surface area contributed by atoms with Gasteiger partial charge in [0.2, 0.25) is 0 Å². The van der Waals surface area contributed by atoms with Crippen molar-refractivity contribution in [3.8, 4) is 0 Å². The Labute approximate surface area is 98.8 Å². The number of hydrogen-bond donors (Lipinski definition) is 1.